The van der Waals surface area contributed by atoms with Crippen LogP contribution in [-0.4, -0.2) is 120 Å². The molecule has 0 spiro atoms. The van der Waals surface area contributed by atoms with Crippen molar-refractivity contribution in [3.8, 4) is 0 Å². The van der Waals surface area contributed by atoms with Crippen LogP contribution in [0.1, 0.15) is 104 Å². The van der Waals surface area contributed by atoms with E-state index in [4.69, 9.17) is 20.3 Å². The van der Waals surface area contributed by atoms with Crippen molar-refractivity contribution in [2.45, 2.75) is 147 Å². The van der Waals surface area contributed by atoms with E-state index in [9.17, 15) is 34.8 Å². The summed E-state index contributed by atoms with van der Waals surface area (Å²) in [4.78, 5) is 37.5. The number of carbonyl (C=O) groups excluding carboxylic acids is 3. The Hall–Kier alpha value is -2.34. The van der Waals surface area contributed by atoms with E-state index >= 15 is 0 Å². The number of nitrogens with zero attached hydrogens (tertiary/aromatic N) is 3. The fourth-order valence-corrected chi connectivity index (χ4v) is 5.62. The smallest absolute Gasteiger partial charge is 0.306 e. The van der Waals surface area contributed by atoms with Gasteiger partial charge in [0.05, 0.1) is 25.4 Å². The molecule has 0 bridgehead atoms. The van der Waals surface area contributed by atoms with Gasteiger partial charge in [0.2, 0.25) is 5.91 Å². The van der Waals surface area contributed by atoms with Crippen molar-refractivity contribution in [1.82, 2.24) is 15.0 Å². The molecule has 0 unspecified atom stereocenters. The van der Waals surface area contributed by atoms with Gasteiger partial charge in [-0.3, -0.25) is 14.4 Å². The molecule has 0 fully saturated rings. The van der Waals surface area contributed by atoms with Crippen LogP contribution >= 0.6 is 11.8 Å². The summed E-state index contributed by atoms with van der Waals surface area (Å²) >= 11 is 1.27. The van der Waals surface area contributed by atoms with Gasteiger partial charge in [0.25, 0.3) is 0 Å². The first-order valence-electron chi connectivity index (χ1n) is 17.2. The van der Waals surface area contributed by atoms with Crippen molar-refractivity contribution in [2.24, 2.45) is 5.73 Å². The molecule has 278 valence electrons. The normalized spacial score (nSPS) is 15.2. The van der Waals surface area contributed by atoms with Crippen molar-refractivity contribution in [3.05, 3.63) is 6.20 Å². The van der Waals surface area contributed by atoms with E-state index in [1.54, 1.807) is 0 Å². The largest absolute Gasteiger partial charge is 0.462 e. The molecule has 0 saturated carbocycles. The lowest BCUT2D eigenvalue weighted by molar-refractivity contribution is -0.157. The Kier molecular flexibility index (Phi) is 24.1. The molecule has 0 radical (unpaired) electrons. The summed E-state index contributed by atoms with van der Waals surface area (Å²) in [6, 6.07) is -0.975. The lowest BCUT2D eigenvalue weighted by atomic mass is 10.0. The number of unbranched alkanes of at least 4 members (excludes halogenated alkanes) is 10. The Labute approximate surface area is 288 Å². The SMILES string of the molecule is CCCCCCCCC(=O)OC[C@H](CSC[C@@H](N)C(=O)Nc1cn(C[C@H](O)[C@H](O)[C@H](O)[C@H](O)CO)nn1)OC(=O)CCCCCCCC. The number of carbonyl (C=O) groups is 3. The summed E-state index contributed by atoms with van der Waals surface area (Å²) in [6.45, 7) is 3.09. The second-order valence-electron chi connectivity index (χ2n) is 12.1. The fourth-order valence-electron chi connectivity index (χ4n) is 4.65. The average molecular weight is 706 g/mol. The number of aliphatic hydroxyl groups is 5. The lowest BCUT2D eigenvalue weighted by Gasteiger charge is -2.25. The molecule has 0 aliphatic rings. The Morgan fingerprint density at radius 1 is 0.854 bits per heavy atom. The zero-order chi connectivity index (χ0) is 35.7. The summed E-state index contributed by atoms with van der Waals surface area (Å²) in [5.74, 6) is -0.814. The molecule has 1 aromatic heterocycles. The van der Waals surface area contributed by atoms with Gasteiger partial charge in [-0.25, -0.2) is 4.68 Å². The van der Waals surface area contributed by atoms with Gasteiger partial charge in [-0.05, 0) is 12.8 Å². The zero-order valence-electron chi connectivity index (χ0n) is 28.6. The molecule has 1 amide bonds. The summed E-state index contributed by atoms with van der Waals surface area (Å²) < 4.78 is 12.2. The highest BCUT2D eigenvalue weighted by Crippen LogP contribution is 2.14. The monoisotopic (exact) mass is 705 g/mol. The number of aliphatic hydroxyl groups excluding tert-OH is 5. The van der Waals surface area contributed by atoms with Crippen LogP contribution < -0.4 is 11.1 Å². The van der Waals surface area contributed by atoms with Crippen molar-refractivity contribution in [3.63, 3.8) is 0 Å². The molecule has 6 atom stereocenters. The van der Waals surface area contributed by atoms with Crippen LogP contribution in [0.4, 0.5) is 5.82 Å². The highest BCUT2D eigenvalue weighted by molar-refractivity contribution is 7.99. The predicted molar refractivity (Wildman–Crippen MR) is 182 cm³/mol. The number of hydrogen-bond acceptors (Lipinski definition) is 14. The molecular weight excluding hydrogens is 646 g/mol. The van der Waals surface area contributed by atoms with Crippen molar-refractivity contribution in [2.75, 3.05) is 30.0 Å². The number of thioether (sulfide) groups is 1. The third kappa shape index (κ3) is 19.6. The van der Waals surface area contributed by atoms with Crippen LogP contribution in [0, 0.1) is 0 Å². The average Bonchev–Trinajstić information content (AvgIpc) is 3.51. The molecule has 8 N–H and O–H groups in total. The first-order chi connectivity index (χ1) is 23.0. The van der Waals surface area contributed by atoms with E-state index in [0.29, 0.717) is 6.42 Å². The molecule has 0 aliphatic carbocycles. The van der Waals surface area contributed by atoms with E-state index < -0.39 is 49.1 Å². The lowest BCUT2D eigenvalue weighted by Crippen LogP contribution is -2.47. The van der Waals surface area contributed by atoms with Crippen LogP contribution in [0.3, 0.4) is 0 Å². The van der Waals surface area contributed by atoms with Gasteiger partial charge < -0.3 is 46.1 Å². The number of ether oxygens (including phenoxy) is 2. The van der Waals surface area contributed by atoms with Gasteiger partial charge in [-0.2, -0.15) is 11.8 Å². The van der Waals surface area contributed by atoms with Crippen LogP contribution in [0.15, 0.2) is 6.20 Å². The van der Waals surface area contributed by atoms with E-state index in [-0.39, 0.29) is 48.8 Å². The van der Waals surface area contributed by atoms with Crippen LogP contribution in [-0.2, 0) is 30.4 Å². The van der Waals surface area contributed by atoms with Crippen molar-refractivity contribution in [1.29, 1.82) is 0 Å². The molecule has 0 aromatic carbocycles. The van der Waals surface area contributed by atoms with Gasteiger partial charge in [0, 0.05) is 24.3 Å². The van der Waals surface area contributed by atoms with E-state index in [1.165, 1.54) is 30.8 Å². The topological polar surface area (TPSA) is 240 Å². The summed E-state index contributed by atoms with van der Waals surface area (Å²) in [5.41, 5.74) is 6.06. The number of anilines is 1. The second kappa shape index (κ2) is 26.5. The summed E-state index contributed by atoms with van der Waals surface area (Å²) in [6.07, 6.45) is 6.90. The quantitative estimate of drug-likeness (QED) is 0.0464. The highest BCUT2D eigenvalue weighted by Gasteiger charge is 2.30. The molecular formula is C32H59N5O10S. The third-order valence-electron chi connectivity index (χ3n) is 7.62. The van der Waals surface area contributed by atoms with Crippen LogP contribution in [0.5, 0.6) is 0 Å². The third-order valence-corrected chi connectivity index (χ3v) is 8.83. The van der Waals surface area contributed by atoms with Crippen LogP contribution in [0.25, 0.3) is 0 Å². The first-order valence-corrected chi connectivity index (χ1v) is 18.4. The molecule has 48 heavy (non-hydrogen) atoms. The van der Waals surface area contributed by atoms with Gasteiger partial charge in [0.15, 0.2) is 5.82 Å². The first kappa shape index (κ1) is 43.7. The minimum Gasteiger partial charge on any atom is -0.462 e. The van der Waals surface area contributed by atoms with Crippen molar-refractivity contribution >= 4 is 35.4 Å². The maximum atomic E-state index is 12.7. The standard InChI is InChI=1S/C32H59N5O10S/c1-3-5-7-9-11-13-15-28(41)46-20-23(47-29(42)16-14-12-10-8-6-4-2)21-48-22-24(33)32(45)34-27-18-37(36-35-27)17-25(39)30(43)31(44)26(40)19-38/h18,23-26,30-31,38-40,43-44H,3-17,19-22,33H2,1-2H3,(H,34,45)/t23-,24-,25+,26-,30+,31-/m1/s1. The highest BCUT2D eigenvalue weighted by atomic mass is 32.2. The summed E-state index contributed by atoms with van der Waals surface area (Å²) in [5, 5.41) is 58.3. The van der Waals surface area contributed by atoms with Gasteiger partial charge in [-0.1, -0.05) is 83.3 Å². The maximum absolute atomic E-state index is 12.7. The number of amides is 1. The molecule has 16 heteroatoms. The Morgan fingerprint density at radius 3 is 2.02 bits per heavy atom. The zero-order valence-corrected chi connectivity index (χ0v) is 29.4. The molecule has 0 saturated heterocycles. The van der Waals surface area contributed by atoms with E-state index in [0.717, 1.165) is 68.9 Å². The van der Waals surface area contributed by atoms with Crippen LogP contribution in [0.2, 0.25) is 0 Å². The van der Waals surface area contributed by atoms with Crippen molar-refractivity contribution < 1.29 is 49.4 Å². The number of nitrogens with one attached hydrogen (secondary N) is 1. The number of rotatable bonds is 29. The maximum Gasteiger partial charge on any atom is 0.306 e. The van der Waals surface area contributed by atoms with Gasteiger partial charge >= 0.3 is 11.9 Å². The van der Waals surface area contributed by atoms with E-state index in [1.807, 2.05) is 0 Å². The number of nitrogens with two attached hydrogens (primary N) is 1. The number of aromatic nitrogens is 3. The molecule has 1 rings (SSSR count). The summed E-state index contributed by atoms with van der Waals surface area (Å²) in [7, 11) is 0. The Morgan fingerprint density at radius 2 is 1.42 bits per heavy atom. The molecule has 0 aliphatic heterocycles. The molecule has 1 aromatic rings. The van der Waals surface area contributed by atoms with Gasteiger partial charge in [-0.15, -0.1) is 5.10 Å². The molecule has 1 heterocycles. The fraction of sp³-hybridized carbons (Fsp3) is 0.844. The van der Waals surface area contributed by atoms with Gasteiger partial charge in [0.1, 0.15) is 37.1 Å². The van der Waals surface area contributed by atoms with E-state index in [2.05, 4.69) is 29.5 Å². The molecule has 15 nitrogen and oxygen atoms in total. The Bertz CT molecular complexity index is 1020. The second-order valence-corrected chi connectivity index (χ2v) is 13.2. The number of hydrogen-bond donors (Lipinski definition) is 7. The Balaban J connectivity index is 2.57. The minimum atomic E-state index is -1.79. The number of esters is 2. The predicted octanol–water partition coefficient (Wildman–Crippen LogP) is 1.67. The minimum absolute atomic E-state index is 0.0249.